The number of nitrogens with one attached hydrogen (secondary N) is 1. The number of hydrogen-bond acceptors (Lipinski definition) is 5. The third-order valence-corrected chi connectivity index (χ3v) is 3.41. The standard InChI is InChI=1S/C12H20F3N3OS/c1-3-5-18(9-12(13,14)15)11-17-10(8-20-11)7-16-4-6-19-2/h8,16H,3-7,9H2,1-2H3. The van der Waals surface area contributed by atoms with Crippen molar-refractivity contribution in [3.63, 3.8) is 0 Å². The Labute approximate surface area is 120 Å². The SMILES string of the molecule is CCCN(CC(F)(F)F)c1nc(CNCCOC)cs1. The minimum Gasteiger partial charge on any atom is -0.383 e. The van der Waals surface area contributed by atoms with Gasteiger partial charge in [0.05, 0.1) is 12.3 Å². The molecule has 0 radical (unpaired) electrons. The van der Waals surface area contributed by atoms with Crippen LogP contribution in [0.15, 0.2) is 5.38 Å². The van der Waals surface area contributed by atoms with Crippen molar-refractivity contribution in [2.24, 2.45) is 0 Å². The summed E-state index contributed by atoms with van der Waals surface area (Å²) in [4.78, 5) is 5.53. The Kier molecular flexibility index (Phi) is 7.25. The van der Waals surface area contributed by atoms with Gasteiger partial charge in [0.1, 0.15) is 6.54 Å². The van der Waals surface area contributed by atoms with E-state index in [0.29, 0.717) is 37.8 Å². The van der Waals surface area contributed by atoms with Crippen LogP contribution in [0.5, 0.6) is 0 Å². The maximum Gasteiger partial charge on any atom is 0.406 e. The number of rotatable bonds is 9. The van der Waals surface area contributed by atoms with Crippen molar-refractivity contribution < 1.29 is 17.9 Å². The van der Waals surface area contributed by atoms with E-state index < -0.39 is 12.7 Å². The Hall–Kier alpha value is -0.860. The molecule has 0 aromatic carbocycles. The summed E-state index contributed by atoms with van der Waals surface area (Å²) in [5.74, 6) is 0. The fraction of sp³-hybridized carbons (Fsp3) is 0.750. The zero-order valence-corrected chi connectivity index (χ0v) is 12.5. The first kappa shape index (κ1) is 17.2. The summed E-state index contributed by atoms with van der Waals surface area (Å²) in [6.45, 7) is 3.06. The first-order valence-corrected chi connectivity index (χ1v) is 7.30. The van der Waals surface area contributed by atoms with E-state index in [1.807, 2.05) is 6.92 Å². The molecule has 0 amide bonds. The second-order valence-corrected chi connectivity index (χ2v) is 5.16. The van der Waals surface area contributed by atoms with Crippen LogP contribution in [0.25, 0.3) is 0 Å². The Morgan fingerprint density at radius 1 is 1.45 bits per heavy atom. The molecule has 1 heterocycles. The third-order valence-electron chi connectivity index (χ3n) is 2.46. The minimum absolute atomic E-state index is 0.351. The van der Waals surface area contributed by atoms with Gasteiger partial charge >= 0.3 is 6.18 Å². The van der Waals surface area contributed by atoms with Gasteiger partial charge in [0.2, 0.25) is 0 Å². The molecule has 4 nitrogen and oxygen atoms in total. The number of halogens is 3. The summed E-state index contributed by atoms with van der Waals surface area (Å²) in [6, 6.07) is 0. The first-order chi connectivity index (χ1) is 9.46. The van der Waals surface area contributed by atoms with Gasteiger partial charge in [0.15, 0.2) is 5.13 Å². The van der Waals surface area contributed by atoms with Crippen LogP contribution < -0.4 is 10.2 Å². The Balaban J connectivity index is 2.57. The number of hydrogen-bond donors (Lipinski definition) is 1. The molecule has 0 aliphatic heterocycles. The van der Waals surface area contributed by atoms with Gasteiger partial charge in [-0.15, -0.1) is 11.3 Å². The van der Waals surface area contributed by atoms with Crippen molar-refractivity contribution in [2.75, 3.05) is 38.3 Å². The third kappa shape index (κ3) is 6.53. The zero-order chi connectivity index (χ0) is 15.0. The molecule has 0 unspecified atom stereocenters. The molecule has 1 aromatic rings. The second kappa shape index (κ2) is 8.43. The Bertz CT molecular complexity index is 384. The molecule has 20 heavy (non-hydrogen) atoms. The summed E-state index contributed by atoms with van der Waals surface area (Å²) in [5.41, 5.74) is 0.754. The number of alkyl halides is 3. The molecular weight excluding hydrogens is 291 g/mol. The maximum absolute atomic E-state index is 12.5. The van der Waals surface area contributed by atoms with Crippen LogP contribution in [-0.2, 0) is 11.3 Å². The highest BCUT2D eigenvalue weighted by atomic mass is 32.1. The number of aromatic nitrogens is 1. The highest BCUT2D eigenvalue weighted by Crippen LogP contribution is 2.25. The molecule has 1 rings (SSSR count). The molecule has 0 saturated heterocycles. The normalized spacial score (nSPS) is 11.8. The van der Waals surface area contributed by atoms with Gasteiger partial charge in [-0.25, -0.2) is 4.98 Å². The smallest absolute Gasteiger partial charge is 0.383 e. The van der Waals surface area contributed by atoms with E-state index in [4.69, 9.17) is 4.74 Å². The summed E-state index contributed by atoms with van der Waals surface area (Å²) in [6.07, 6.45) is -3.56. The molecule has 1 aromatic heterocycles. The highest BCUT2D eigenvalue weighted by Gasteiger charge is 2.31. The Morgan fingerprint density at radius 2 is 2.20 bits per heavy atom. The molecule has 0 fully saturated rings. The van der Waals surface area contributed by atoms with Gasteiger partial charge in [-0.05, 0) is 6.42 Å². The lowest BCUT2D eigenvalue weighted by molar-refractivity contribution is -0.119. The van der Waals surface area contributed by atoms with E-state index in [1.54, 1.807) is 12.5 Å². The lowest BCUT2D eigenvalue weighted by Gasteiger charge is -2.22. The second-order valence-electron chi connectivity index (χ2n) is 4.33. The molecule has 8 heteroatoms. The van der Waals surface area contributed by atoms with E-state index in [2.05, 4.69) is 10.3 Å². The van der Waals surface area contributed by atoms with Gasteiger partial charge in [-0.1, -0.05) is 6.92 Å². The van der Waals surface area contributed by atoms with Gasteiger partial charge in [-0.3, -0.25) is 0 Å². The number of anilines is 1. The first-order valence-electron chi connectivity index (χ1n) is 6.42. The number of ether oxygens (including phenoxy) is 1. The lowest BCUT2D eigenvalue weighted by Crippen LogP contribution is -2.34. The van der Waals surface area contributed by atoms with Crippen LogP contribution in [0.1, 0.15) is 19.0 Å². The van der Waals surface area contributed by atoms with E-state index in [9.17, 15) is 13.2 Å². The summed E-state index contributed by atoms with van der Waals surface area (Å²) in [5, 5.41) is 5.32. The average molecular weight is 311 g/mol. The molecule has 1 N–H and O–H groups in total. The molecule has 0 atom stereocenters. The highest BCUT2D eigenvalue weighted by molar-refractivity contribution is 7.13. The van der Waals surface area contributed by atoms with Gasteiger partial charge in [0, 0.05) is 32.1 Å². The molecule has 0 saturated carbocycles. The quantitative estimate of drug-likeness (QED) is 0.712. The molecule has 0 spiro atoms. The molecule has 0 aliphatic rings. The largest absolute Gasteiger partial charge is 0.406 e. The van der Waals surface area contributed by atoms with Gasteiger partial charge in [0.25, 0.3) is 0 Å². The van der Waals surface area contributed by atoms with Crippen molar-refractivity contribution in [1.82, 2.24) is 10.3 Å². The monoisotopic (exact) mass is 311 g/mol. The predicted molar refractivity (Wildman–Crippen MR) is 74.3 cm³/mol. The van der Waals surface area contributed by atoms with E-state index in [0.717, 1.165) is 5.69 Å². The average Bonchev–Trinajstić information content (AvgIpc) is 2.81. The van der Waals surface area contributed by atoms with Crippen LogP contribution in [0.4, 0.5) is 18.3 Å². The van der Waals surface area contributed by atoms with Crippen molar-refractivity contribution in [3.05, 3.63) is 11.1 Å². The summed E-state index contributed by atoms with van der Waals surface area (Å²) >= 11 is 1.25. The fourth-order valence-corrected chi connectivity index (χ4v) is 2.49. The van der Waals surface area contributed by atoms with Crippen LogP contribution >= 0.6 is 11.3 Å². The van der Waals surface area contributed by atoms with E-state index in [-0.39, 0.29) is 0 Å². The van der Waals surface area contributed by atoms with Crippen molar-refractivity contribution in [1.29, 1.82) is 0 Å². The minimum atomic E-state index is -4.21. The van der Waals surface area contributed by atoms with Crippen molar-refractivity contribution >= 4 is 16.5 Å². The van der Waals surface area contributed by atoms with E-state index >= 15 is 0 Å². The van der Waals surface area contributed by atoms with Gasteiger partial charge < -0.3 is 15.0 Å². The summed E-state index contributed by atoms with van der Waals surface area (Å²) in [7, 11) is 1.61. The van der Waals surface area contributed by atoms with Crippen LogP contribution in [-0.4, -0.2) is 44.5 Å². The summed E-state index contributed by atoms with van der Waals surface area (Å²) < 4.78 is 42.5. The predicted octanol–water partition coefficient (Wildman–Crippen LogP) is 2.66. The zero-order valence-electron chi connectivity index (χ0n) is 11.7. The number of methoxy groups -OCH3 is 1. The van der Waals surface area contributed by atoms with Crippen LogP contribution in [0.2, 0.25) is 0 Å². The lowest BCUT2D eigenvalue weighted by atomic mass is 10.4. The number of nitrogens with zero attached hydrogens (tertiary/aromatic N) is 2. The van der Waals surface area contributed by atoms with E-state index in [1.165, 1.54) is 16.2 Å². The molecular formula is C12H20F3N3OS. The molecule has 0 aliphatic carbocycles. The molecule has 0 bridgehead atoms. The topological polar surface area (TPSA) is 37.4 Å². The van der Waals surface area contributed by atoms with Crippen LogP contribution in [0, 0.1) is 0 Å². The van der Waals surface area contributed by atoms with Crippen molar-refractivity contribution in [3.8, 4) is 0 Å². The van der Waals surface area contributed by atoms with Crippen molar-refractivity contribution in [2.45, 2.75) is 26.1 Å². The fourth-order valence-electron chi connectivity index (χ4n) is 1.64. The number of thiazole rings is 1. The van der Waals surface area contributed by atoms with Crippen LogP contribution in [0.3, 0.4) is 0 Å². The molecule has 116 valence electrons. The maximum atomic E-state index is 12.5. The Morgan fingerprint density at radius 3 is 2.80 bits per heavy atom. The van der Waals surface area contributed by atoms with Gasteiger partial charge in [-0.2, -0.15) is 13.2 Å².